The van der Waals surface area contributed by atoms with Crippen molar-refractivity contribution in [3.8, 4) is 22.8 Å². The first-order valence-electron chi connectivity index (χ1n) is 13.9. The summed E-state index contributed by atoms with van der Waals surface area (Å²) in [7, 11) is 1.50. The highest BCUT2D eigenvalue weighted by Gasteiger charge is 2.14. The van der Waals surface area contributed by atoms with Crippen molar-refractivity contribution in [1.82, 2.24) is 10.4 Å². The Morgan fingerprint density at radius 3 is 2.47 bits per heavy atom. The largest absolute Gasteiger partial charge is 0.493 e. The van der Waals surface area contributed by atoms with E-state index in [-0.39, 0.29) is 18.4 Å². The van der Waals surface area contributed by atoms with Crippen molar-refractivity contribution in [3.63, 3.8) is 0 Å². The number of nitrogens with zero attached hydrogens (tertiary/aromatic N) is 2. The lowest BCUT2D eigenvalue weighted by Crippen LogP contribution is -2.20. The molecule has 0 fully saturated rings. The number of methoxy groups -OCH3 is 1. The van der Waals surface area contributed by atoms with Crippen molar-refractivity contribution >= 4 is 61.8 Å². The second kappa shape index (κ2) is 14.7. The Kier molecular flexibility index (Phi) is 10.2. The Hall–Kier alpha value is -5.00. The summed E-state index contributed by atoms with van der Waals surface area (Å²) in [4.78, 5) is 29.8. The predicted molar refractivity (Wildman–Crippen MR) is 183 cm³/mol. The zero-order chi connectivity index (χ0) is 31.8. The topological polar surface area (TPSA) is 114 Å². The van der Waals surface area contributed by atoms with Gasteiger partial charge in [0.1, 0.15) is 0 Å². The number of ether oxygens (including phenoxy) is 2. The number of aromatic nitrogens is 1. The van der Waals surface area contributed by atoms with E-state index in [1.54, 1.807) is 24.3 Å². The van der Waals surface area contributed by atoms with Crippen molar-refractivity contribution < 1.29 is 19.1 Å². The molecule has 3 N–H and O–H groups in total. The van der Waals surface area contributed by atoms with Gasteiger partial charge in [0.05, 0.1) is 23.5 Å². The lowest BCUT2D eigenvalue weighted by Gasteiger charge is -2.13. The number of anilines is 3. The molecule has 0 unspecified atom stereocenters. The molecule has 0 saturated heterocycles. The summed E-state index contributed by atoms with van der Waals surface area (Å²) in [5.41, 5.74) is 9.26. The lowest BCUT2D eigenvalue weighted by molar-refractivity contribution is -0.118. The van der Waals surface area contributed by atoms with Crippen LogP contribution in [0.1, 0.15) is 27.0 Å². The number of hydrazone groups is 1. The van der Waals surface area contributed by atoms with Crippen molar-refractivity contribution in [2.75, 3.05) is 24.4 Å². The molecular weight excluding hydrogens is 654 g/mol. The molecule has 9 nitrogen and oxygen atoms in total. The minimum absolute atomic E-state index is 0.209. The van der Waals surface area contributed by atoms with Crippen LogP contribution in [0.4, 0.5) is 16.5 Å². The Morgan fingerprint density at radius 1 is 0.956 bits per heavy atom. The molecule has 0 spiro atoms. The summed E-state index contributed by atoms with van der Waals surface area (Å²) in [6.45, 7) is 3.79. The zero-order valence-corrected chi connectivity index (χ0v) is 27.2. The monoisotopic (exact) mass is 683 g/mol. The van der Waals surface area contributed by atoms with Crippen molar-refractivity contribution in [2.45, 2.75) is 13.8 Å². The number of benzene rings is 4. The molecule has 2 amide bonds. The molecule has 0 aliphatic carbocycles. The third-order valence-electron chi connectivity index (χ3n) is 6.53. The van der Waals surface area contributed by atoms with E-state index in [9.17, 15) is 9.59 Å². The van der Waals surface area contributed by atoms with Crippen LogP contribution in [-0.4, -0.2) is 36.7 Å². The summed E-state index contributed by atoms with van der Waals surface area (Å²) >= 11 is 4.99. The van der Waals surface area contributed by atoms with E-state index < -0.39 is 0 Å². The molecule has 1 aromatic heterocycles. The van der Waals surface area contributed by atoms with Crippen LogP contribution in [0.5, 0.6) is 11.5 Å². The first-order chi connectivity index (χ1) is 21.8. The number of rotatable bonds is 11. The average molecular weight is 685 g/mol. The highest BCUT2D eigenvalue weighted by atomic mass is 79.9. The predicted octanol–water partition coefficient (Wildman–Crippen LogP) is 7.72. The minimum atomic E-state index is -0.358. The lowest BCUT2D eigenvalue weighted by atomic mass is 10.1. The second-order valence-electron chi connectivity index (χ2n) is 10.0. The minimum Gasteiger partial charge on any atom is -0.493 e. The smallest absolute Gasteiger partial charge is 0.271 e. The highest BCUT2D eigenvalue weighted by Crippen LogP contribution is 2.36. The van der Waals surface area contributed by atoms with Crippen LogP contribution < -0.4 is 25.5 Å². The van der Waals surface area contributed by atoms with Crippen LogP contribution in [-0.2, 0) is 4.79 Å². The van der Waals surface area contributed by atoms with E-state index in [1.807, 2.05) is 79.9 Å². The van der Waals surface area contributed by atoms with Crippen LogP contribution in [0.25, 0.3) is 11.3 Å². The maximum Gasteiger partial charge on any atom is 0.271 e. The molecular formula is C34H30BrN5O4S. The maximum atomic E-state index is 12.7. The molecule has 1 heterocycles. The first-order valence-corrected chi connectivity index (χ1v) is 15.5. The van der Waals surface area contributed by atoms with Crippen LogP contribution in [0.15, 0.2) is 99.9 Å². The Morgan fingerprint density at radius 2 is 1.73 bits per heavy atom. The van der Waals surface area contributed by atoms with E-state index in [2.05, 4.69) is 42.1 Å². The summed E-state index contributed by atoms with van der Waals surface area (Å²) in [5, 5.41) is 13.0. The quantitative estimate of drug-likeness (QED) is 0.0970. The molecule has 11 heteroatoms. The van der Waals surface area contributed by atoms with Crippen LogP contribution in [0.2, 0.25) is 0 Å². The maximum absolute atomic E-state index is 12.7. The van der Waals surface area contributed by atoms with Gasteiger partial charge in [0.2, 0.25) is 0 Å². The third kappa shape index (κ3) is 8.55. The molecule has 0 radical (unpaired) electrons. The van der Waals surface area contributed by atoms with Gasteiger partial charge in [0.15, 0.2) is 23.2 Å². The summed E-state index contributed by atoms with van der Waals surface area (Å²) in [6, 6.07) is 26.2. The summed E-state index contributed by atoms with van der Waals surface area (Å²) in [6.07, 6.45) is 1.49. The molecule has 0 bridgehead atoms. The van der Waals surface area contributed by atoms with E-state index in [0.29, 0.717) is 32.8 Å². The van der Waals surface area contributed by atoms with Gasteiger partial charge in [-0.2, -0.15) is 5.10 Å². The van der Waals surface area contributed by atoms with Crippen molar-refractivity contribution in [2.24, 2.45) is 5.10 Å². The number of carbonyl (C=O) groups is 2. The molecule has 0 atom stereocenters. The molecule has 0 saturated carbocycles. The third-order valence-corrected chi connectivity index (χ3v) is 7.88. The number of hydrogen-bond acceptors (Lipinski definition) is 8. The molecule has 0 aliphatic heterocycles. The SMILES string of the molecule is COc1cc(/C=N/NC(=O)c2ccc(-c3csc(Nc4ccc(C)cc4)n3)cc2)cc(Br)c1OCC(=O)Nc1cccc(C)c1. The summed E-state index contributed by atoms with van der Waals surface area (Å²) in [5.74, 6) is 0.109. The fourth-order valence-electron chi connectivity index (χ4n) is 4.26. The number of hydrogen-bond donors (Lipinski definition) is 3. The van der Waals surface area contributed by atoms with E-state index in [1.165, 1.54) is 30.2 Å². The normalized spacial score (nSPS) is 10.8. The Labute approximate surface area is 273 Å². The van der Waals surface area contributed by atoms with Gasteiger partial charge in [-0.05, 0) is 89.4 Å². The van der Waals surface area contributed by atoms with Gasteiger partial charge in [-0.1, -0.05) is 42.0 Å². The number of carbonyl (C=O) groups excluding carboxylic acids is 2. The van der Waals surface area contributed by atoms with Crippen LogP contribution >= 0.6 is 27.3 Å². The van der Waals surface area contributed by atoms with Gasteiger partial charge < -0.3 is 20.1 Å². The number of halogens is 1. The van der Waals surface area contributed by atoms with Crippen LogP contribution in [0.3, 0.4) is 0 Å². The van der Waals surface area contributed by atoms with E-state index in [4.69, 9.17) is 9.47 Å². The van der Waals surface area contributed by atoms with Gasteiger partial charge in [-0.25, -0.2) is 10.4 Å². The van der Waals surface area contributed by atoms with Crippen molar-refractivity contribution in [1.29, 1.82) is 0 Å². The van der Waals surface area contributed by atoms with Gasteiger partial charge in [-0.3, -0.25) is 9.59 Å². The highest BCUT2D eigenvalue weighted by molar-refractivity contribution is 9.10. The molecule has 0 aliphatic rings. The first kappa shape index (κ1) is 31.4. The second-order valence-corrected chi connectivity index (χ2v) is 11.8. The number of thiazole rings is 1. The van der Waals surface area contributed by atoms with Gasteiger partial charge in [0, 0.05) is 27.9 Å². The van der Waals surface area contributed by atoms with Gasteiger partial charge >= 0.3 is 0 Å². The Balaban J connectivity index is 1.15. The molecule has 4 aromatic carbocycles. The van der Waals surface area contributed by atoms with E-state index in [0.717, 1.165) is 27.6 Å². The summed E-state index contributed by atoms with van der Waals surface area (Å²) < 4.78 is 11.8. The number of nitrogens with one attached hydrogen (secondary N) is 3. The molecule has 5 rings (SSSR count). The fourth-order valence-corrected chi connectivity index (χ4v) is 5.57. The van der Waals surface area contributed by atoms with Gasteiger partial charge in [0.25, 0.3) is 11.8 Å². The van der Waals surface area contributed by atoms with Gasteiger partial charge in [-0.15, -0.1) is 11.3 Å². The standard InChI is InChI=1S/C34H30BrN5O4S/c1-21-7-13-26(14-8-21)38-34-39-29(20-45-34)24-9-11-25(12-10-24)33(42)40-36-18-23-16-28(35)32(30(17-23)43-3)44-19-31(41)37-27-6-4-5-22(2)15-27/h4-18,20H,19H2,1-3H3,(H,37,41)(H,38,39)(H,40,42)/b36-18+. The number of amides is 2. The zero-order valence-electron chi connectivity index (χ0n) is 24.8. The Bertz CT molecular complexity index is 1840. The molecule has 5 aromatic rings. The fraction of sp³-hybridized carbons (Fsp3) is 0.118. The van der Waals surface area contributed by atoms with Crippen LogP contribution in [0, 0.1) is 13.8 Å². The molecule has 228 valence electrons. The average Bonchev–Trinajstić information content (AvgIpc) is 3.50. The van der Waals surface area contributed by atoms with Crippen molar-refractivity contribution in [3.05, 3.63) is 117 Å². The van der Waals surface area contributed by atoms with E-state index >= 15 is 0 Å². The molecule has 45 heavy (non-hydrogen) atoms. The number of aryl methyl sites for hydroxylation is 2.